The molecule has 1 heterocycles. The maximum Gasteiger partial charge on any atom is 0.163 e. The molecule has 1 aliphatic heterocycles. The van der Waals surface area contributed by atoms with Crippen LogP contribution in [0.2, 0.25) is 0 Å². The van der Waals surface area contributed by atoms with Crippen LogP contribution in [0.5, 0.6) is 0 Å². The lowest BCUT2D eigenvalue weighted by molar-refractivity contribution is 0.477. The molecule has 1 aromatic carbocycles. The first-order chi connectivity index (χ1) is 7.29. The van der Waals surface area contributed by atoms with Gasteiger partial charge in [-0.2, -0.15) is 11.8 Å². The Labute approximate surface area is 92.3 Å². The standard InChI is InChI=1S/C11H13F2NS/c12-9-4-1-3-8(11(9)13)10-7-15-6-2-5-14-10/h1,3-4,10,14H,2,5-7H2. The highest BCUT2D eigenvalue weighted by Crippen LogP contribution is 2.24. The van der Waals surface area contributed by atoms with E-state index >= 15 is 0 Å². The van der Waals surface area contributed by atoms with Crippen LogP contribution >= 0.6 is 11.8 Å². The molecule has 1 aromatic rings. The van der Waals surface area contributed by atoms with E-state index in [-0.39, 0.29) is 6.04 Å². The zero-order chi connectivity index (χ0) is 10.7. The molecule has 0 aromatic heterocycles. The van der Waals surface area contributed by atoms with Crippen LogP contribution in [0.1, 0.15) is 18.0 Å². The Balaban J connectivity index is 2.23. The van der Waals surface area contributed by atoms with Crippen LogP contribution in [0.25, 0.3) is 0 Å². The van der Waals surface area contributed by atoms with Gasteiger partial charge in [0.15, 0.2) is 11.6 Å². The van der Waals surface area contributed by atoms with Crippen LogP contribution in [0.3, 0.4) is 0 Å². The third-order valence-corrected chi connectivity index (χ3v) is 3.64. The molecule has 0 aliphatic carbocycles. The molecule has 0 saturated carbocycles. The minimum absolute atomic E-state index is 0.0619. The van der Waals surface area contributed by atoms with Crippen molar-refractivity contribution < 1.29 is 8.78 Å². The fourth-order valence-electron chi connectivity index (χ4n) is 1.70. The van der Waals surface area contributed by atoms with E-state index in [1.54, 1.807) is 23.9 Å². The van der Waals surface area contributed by atoms with E-state index in [9.17, 15) is 8.78 Å². The summed E-state index contributed by atoms with van der Waals surface area (Å²) >= 11 is 1.78. The first-order valence-corrected chi connectivity index (χ1v) is 6.19. The van der Waals surface area contributed by atoms with Crippen LogP contribution in [0, 0.1) is 11.6 Å². The monoisotopic (exact) mass is 229 g/mol. The van der Waals surface area contributed by atoms with Crippen molar-refractivity contribution in [1.82, 2.24) is 5.32 Å². The highest BCUT2D eigenvalue weighted by molar-refractivity contribution is 7.99. The summed E-state index contributed by atoms with van der Waals surface area (Å²) < 4.78 is 26.5. The van der Waals surface area contributed by atoms with Gasteiger partial charge in [0.05, 0.1) is 0 Å². The first-order valence-electron chi connectivity index (χ1n) is 5.04. The van der Waals surface area contributed by atoms with Crippen molar-refractivity contribution in [2.75, 3.05) is 18.1 Å². The second-order valence-corrected chi connectivity index (χ2v) is 4.73. The average molecular weight is 229 g/mol. The number of benzene rings is 1. The Morgan fingerprint density at radius 3 is 3.07 bits per heavy atom. The van der Waals surface area contributed by atoms with Gasteiger partial charge in [-0.15, -0.1) is 0 Å². The van der Waals surface area contributed by atoms with Gasteiger partial charge in [0, 0.05) is 17.4 Å². The summed E-state index contributed by atoms with van der Waals surface area (Å²) in [6.45, 7) is 0.869. The molecule has 1 nitrogen and oxygen atoms in total. The van der Waals surface area contributed by atoms with Crippen LogP contribution in [-0.2, 0) is 0 Å². The summed E-state index contributed by atoms with van der Waals surface area (Å²) in [7, 11) is 0. The number of halogens is 2. The maximum absolute atomic E-state index is 13.5. The van der Waals surface area contributed by atoms with Gasteiger partial charge >= 0.3 is 0 Å². The van der Waals surface area contributed by atoms with Crippen molar-refractivity contribution in [3.8, 4) is 0 Å². The Morgan fingerprint density at radius 2 is 2.20 bits per heavy atom. The minimum atomic E-state index is -0.761. The Kier molecular flexibility index (Phi) is 3.59. The van der Waals surface area contributed by atoms with Gasteiger partial charge in [-0.25, -0.2) is 8.78 Å². The van der Waals surface area contributed by atoms with Crippen molar-refractivity contribution >= 4 is 11.8 Å². The summed E-state index contributed by atoms with van der Waals surface area (Å²) in [6, 6.07) is 4.31. The van der Waals surface area contributed by atoms with Gasteiger partial charge in [0.2, 0.25) is 0 Å². The van der Waals surface area contributed by atoms with Gasteiger partial charge < -0.3 is 5.32 Å². The maximum atomic E-state index is 13.5. The number of hydrogen-bond donors (Lipinski definition) is 1. The molecule has 1 fully saturated rings. The fourth-order valence-corrected chi connectivity index (χ4v) is 2.75. The van der Waals surface area contributed by atoms with Crippen molar-refractivity contribution in [2.24, 2.45) is 0 Å². The number of nitrogens with one attached hydrogen (secondary N) is 1. The molecule has 0 radical (unpaired) electrons. The molecule has 1 aliphatic rings. The van der Waals surface area contributed by atoms with E-state index < -0.39 is 11.6 Å². The number of thioether (sulfide) groups is 1. The Morgan fingerprint density at radius 1 is 1.33 bits per heavy atom. The molecular formula is C11H13F2NS. The van der Waals surface area contributed by atoms with E-state index in [1.165, 1.54) is 0 Å². The predicted octanol–water partition coefficient (Wildman–Crippen LogP) is 2.73. The topological polar surface area (TPSA) is 12.0 Å². The largest absolute Gasteiger partial charge is 0.309 e. The van der Waals surface area contributed by atoms with Crippen LogP contribution in [0.15, 0.2) is 18.2 Å². The van der Waals surface area contributed by atoms with Crippen molar-refractivity contribution in [2.45, 2.75) is 12.5 Å². The molecule has 1 N–H and O–H groups in total. The van der Waals surface area contributed by atoms with E-state index in [0.29, 0.717) is 5.56 Å². The van der Waals surface area contributed by atoms with E-state index in [4.69, 9.17) is 0 Å². The number of hydrogen-bond acceptors (Lipinski definition) is 2. The van der Waals surface area contributed by atoms with Gasteiger partial charge in [-0.1, -0.05) is 12.1 Å². The van der Waals surface area contributed by atoms with Gasteiger partial charge in [-0.05, 0) is 24.8 Å². The lowest BCUT2D eigenvalue weighted by Crippen LogP contribution is -2.23. The molecule has 4 heteroatoms. The molecule has 2 rings (SSSR count). The summed E-state index contributed by atoms with van der Waals surface area (Å²) in [5.41, 5.74) is 0.449. The lowest BCUT2D eigenvalue weighted by Gasteiger charge is -2.16. The second-order valence-electron chi connectivity index (χ2n) is 3.58. The SMILES string of the molecule is Fc1cccc(C2CSCCCN2)c1F. The number of rotatable bonds is 1. The van der Waals surface area contributed by atoms with Gasteiger partial charge in [0.1, 0.15) is 0 Å². The summed E-state index contributed by atoms with van der Waals surface area (Å²) in [6.07, 6.45) is 1.08. The van der Waals surface area contributed by atoms with Gasteiger partial charge in [-0.3, -0.25) is 0 Å². The molecule has 1 saturated heterocycles. The normalized spacial score (nSPS) is 22.4. The first kappa shape index (κ1) is 10.9. The average Bonchev–Trinajstić information content (AvgIpc) is 2.50. The van der Waals surface area contributed by atoms with E-state index in [1.807, 2.05) is 0 Å². The third-order valence-electron chi connectivity index (χ3n) is 2.50. The molecule has 1 unspecified atom stereocenters. The van der Waals surface area contributed by atoms with E-state index in [0.717, 1.165) is 30.5 Å². The third kappa shape index (κ3) is 2.49. The summed E-state index contributed by atoms with van der Waals surface area (Å²) in [4.78, 5) is 0. The molecule has 15 heavy (non-hydrogen) atoms. The molecule has 82 valence electrons. The molecular weight excluding hydrogens is 216 g/mol. The summed E-state index contributed by atoms with van der Waals surface area (Å²) in [5, 5.41) is 3.24. The van der Waals surface area contributed by atoms with Crippen LogP contribution in [0.4, 0.5) is 8.78 Å². The highest BCUT2D eigenvalue weighted by atomic mass is 32.2. The second kappa shape index (κ2) is 4.94. The Hall–Kier alpha value is -0.610. The Bertz CT molecular complexity index is 335. The smallest absolute Gasteiger partial charge is 0.163 e. The van der Waals surface area contributed by atoms with Crippen LogP contribution < -0.4 is 5.32 Å². The fraction of sp³-hybridized carbons (Fsp3) is 0.455. The minimum Gasteiger partial charge on any atom is -0.309 e. The quantitative estimate of drug-likeness (QED) is 0.794. The lowest BCUT2D eigenvalue weighted by atomic mass is 10.1. The molecule has 0 bridgehead atoms. The predicted molar refractivity (Wildman–Crippen MR) is 59.0 cm³/mol. The van der Waals surface area contributed by atoms with E-state index in [2.05, 4.69) is 5.32 Å². The van der Waals surface area contributed by atoms with Crippen LogP contribution in [-0.4, -0.2) is 18.1 Å². The van der Waals surface area contributed by atoms with Gasteiger partial charge in [0.25, 0.3) is 0 Å². The molecule has 1 atom stereocenters. The summed E-state index contributed by atoms with van der Waals surface area (Å²) in [5.74, 6) is 0.418. The highest BCUT2D eigenvalue weighted by Gasteiger charge is 2.19. The zero-order valence-electron chi connectivity index (χ0n) is 8.30. The van der Waals surface area contributed by atoms with Crippen molar-refractivity contribution in [3.05, 3.63) is 35.4 Å². The molecule has 0 amide bonds. The zero-order valence-corrected chi connectivity index (χ0v) is 9.12. The molecule has 0 spiro atoms. The van der Waals surface area contributed by atoms with Crippen molar-refractivity contribution in [1.29, 1.82) is 0 Å². The van der Waals surface area contributed by atoms with Crippen molar-refractivity contribution in [3.63, 3.8) is 0 Å².